The molecule has 4 heteroatoms. The Bertz CT molecular complexity index is 598. The van der Waals surface area contributed by atoms with E-state index in [1.807, 2.05) is 12.1 Å². The maximum atomic E-state index is 6.01. The number of benzene rings is 1. The van der Waals surface area contributed by atoms with E-state index in [0.717, 1.165) is 22.5 Å². The summed E-state index contributed by atoms with van der Waals surface area (Å²) in [7, 11) is 0. The highest BCUT2D eigenvalue weighted by atomic mass is 32.1. The van der Waals surface area contributed by atoms with Crippen LogP contribution in [0.25, 0.3) is 0 Å². The summed E-state index contributed by atoms with van der Waals surface area (Å²) in [6, 6.07) is 8.25. The van der Waals surface area contributed by atoms with Gasteiger partial charge in [0.1, 0.15) is 5.84 Å². The molecule has 2 aromatic rings. The number of nitrogens with zero attached hydrogens (tertiary/aromatic N) is 1. The van der Waals surface area contributed by atoms with Crippen LogP contribution >= 0.6 is 11.3 Å². The second-order valence-electron chi connectivity index (χ2n) is 4.12. The molecule has 0 radical (unpaired) electrons. The normalized spacial score (nSPS) is 13.6. The van der Waals surface area contributed by atoms with E-state index in [2.05, 4.69) is 22.5 Å². The van der Waals surface area contributed by atoms with Gasteiger partial charge in [-0.1, -0.05) is 12.1 Å². The number of rotatable bonds is 1. The van der Waals surface area contributed by atoms with Gasteiger partial charge in [0.05, 0.1) is 10.6 Å². The third-order valence-corrected chi connectivity index (χ3v) is 3.96. The first kappa shape index (κ1) is 10.5. The predicted octanol–water partition coefficient (Wildman–Crippen LogP) is 2.15. The van der Waals surface area contributed by atoms with E-state index < -0.39 is 0 Å². The molecule has 17 heavy (non-hydrogen) atoms. The highest BCUT2D eigenvalue weighted by Crippen LogP contribution is 2.30. The predicted molar refractivity (Wildman–Crippen MR) is 71.8 cm³/mol. The van der Waals surface area contributed by atoms with E-state index in [1.165, 1.54) is 11.1 Å². The molecule has 2 heterocycles. The summed E-state index contributed by atoms with van der Waals surface area (Å²) in [6.07, 6.45) is 0.881. The zero-order valence-electron chi connectivity index (χ0n) is 9.31. The average molecular weight is 243 g/mol. The Balaban J connectivity index is 2.17. The Morgan fingerprint density at radius 1 is 1.24 bits per heavy atom. The lowest BCUT2D eigenvalue weighted by Crippen LogP contribution is -2.11. The maximum absolute atomic E-state index is 6.01. The molecule has 1 aliphatic heterocycles. The Hall–Kier alpha value is -1.65. The first-order valence-electron chi connectivity index (χ1n) is 5.50. The average Bonchev–Trinajstić information content (AvgIpc) is 2.75. The van der Waals surface area contributed by atoms with E-state index in [-0.39, 0.29) is 0 Å². The van der Waals surface area contributed by atoms with Crippen molar-refractivity contribution in [3.8, 4) is 0 Å². The lowest BCUT2D eigenvalue weighted by Gasteiger charge is -2.05. The van der Waals surface area contributed by atoms with Crippen LogP contribution in [0.15, 0.2) is 34.6 Å². The highest BCUT2D eigenvalue weighted by molar-refractivity contribution is 7.12. The number of fused-ring (bicyclic) bond motifs is 2. The van der Waals surface area contributed by atoms with Crippen molar-refractivity contribution >= 4 is 22.9 Å². The largest absolute Gasteiger partial charge is 0.382 e. The Morgan fingerprint density at radius 2 is 2.12 bits per heavy atom. The molecule has 1 aromatic carbocycles. The molecule has 3 rings (SSSR count). The Morgan fingerprint density at radius 3 is 2.94 bits per heavy atom. The van der Waals surface area contributed by atoms with E-state index in [1.54, 1.807) is 11.3 Å². The maximum Gasteiger partial charge on any atom is 0.141 e. The number of nitrogens with two attached hydrogens (primary N) is 2. The van der Waals surface area contributed by atoms with Crippen molar-refractivity contribution in [2.45, 2.75) is 13.0 Å². The molecule has 0 unspecified atom stereocenters. The molecule has 1 aromatic heterocycles. The van der Waals surface area contributed by atoms with Crippen molar-refractivity contribution in [3.63, 3.8) is 0 Å². The van der Waals surface area contributed by atoms with Crippen LogP contribution in [-0.4, -0.2) is 5.84 Å². The topological polar surface area (TPSA) is 64.4 Å². The number of amidine groups is 1. The van der Waals surface area contributed by atoms with Gasteiger partial charge in [0.25, 0.3) is 0 Å². The van der Waals surface area contributed by atoms with Crippen molar-refractivity contribution in [3.05, 3.63) is 51.2 Å². The number of thiophene rings is 1. The number of hydrogen-bond donors (Lipinski definition) is 2. The summed E-state index contributed by atoms with van der Waals surface area (Å²) in [6.45, 7) is 0.559. The number of aliphatic imine (C=N–C) groups is 1. The second-order valence-corrected chi connectivity index (χ2v) is 5.03. The summed E-state index contributed by atoms with van der Waals surface area (Å²) in [5, 5.41) is 2.06. The molecule has 0 spiro atoms. The molecule has 4 N–H and O–H groups in total. The van der Waals surface area contributed by atoms with E-state index in [4.69, 9.17) is 11.5 Å². The lowest BCUT2D eigenvalue weighted by molar-refractivity contribution is 1.06. The van der Waals surface area contributed by atoms with Crippen LogP contribution in [-0.2, 0) is 13.0 Å². The van der Waals surface area contributed by atoms with Crippen LogP contribution in [0.5, 0.6) is 0 Å². The van der Waals surface area contributed by atoms with Gasteiger partial charge >= 0.3 is 0 Å². The molecule has 3 nitrogen and oxygen atoms in total. The molecule has 0 saturated carbocycles. The molecule has 1 aliphatic rings. The third-order valence-electron chi connectivity index (χ3n) is 2.98. The van der Waals surface area contributed by atoms with Crippen molar-refractivity contribution in [2.75, 3.05) is 0 Å². The van der Waals surface area contributed by atoms with E-state index in [0.29, 0.717) is 12.4 Å². The summed E-state index contributed by atoms with van der Waals surface area (Å²) >= 11 is 1.65. The van der Waals surface area contributed by atoms with Gasteiger partial charge in [0, 0.05) is 13.0 Å². The quantitative estimate of drug-likeness (QED) is 0.806. The molecular formula is C13H13N3S. The van der Waals surface area contributed by atoms with Crippen molar-refractivity contribution in [1.82, 2.24) is 0 Å². The van der Waals surface area contributed by atoms with Crippen molar-refractivity contribution in [2.24, 2.45) is 16.5 Å². The smallest absolute Gasteiger partial charge is 0.141 e. The molecular weight excluding hydrogens is 230 g/mol. The molecule has 86 valence electrons. The minimum Gasteiger partial charge on any atom is -0.382 e. The SMILES string of the molecule is NCc1ccc2c(c1)Cc1ccsc1C(N)=N2. The monoisotopic (exact) mass is 243 g/mol. The van der Waals surface area contributed by atoms with Gasteiger partial charge in [0.2, 0.25) is 0 Å². The van der Waals surface area contributed by atoms with Gasteiger partial charge in [-0.3, -0.25) is 0 Å². The fourth-order valence-electron chi connectivity index (χ4n) is 2.10. The van der Waals surface area contributed by atoms with Crippen LogP contribution in [0, 0.1) is 0 Å². The summed E-state index contributed by atoms with van der Waals surface area (Å²) in [5.41, 5.74) is 16.2. The minimum absolute atomic E-state index is 0.559. The standard InChI is InChI=1S/C13H13N3S/c14-7-8-1-2-11-10(5-8)6-9-3-4-17-12(9)13(15)16-11/h1-5H,6-7,14H2,(H2,15,16). The Labute approximate surface area is 104 Å². The molecule has 0 saturated heterocycles. The Kier molecular flexibility index (Phi) is 2.46. The molecule has 0 aliphatic carbocycles. The van der Waals surface area contributed by atoms with Crippen LogP contribution < -0.4 is 11.5 Å². The molecule has 0 fully saturated rings. The molecule has 0 atom stereocenters. The minimum atomic E-state index is 0.559. The van der Waals surface area contributed by atoms with Crippen molar-refractivity contribution < 1.29 is 0 Å². The van der Waals surface area contributed by atoms with Crippen LogP contribution in [0.1, 0.15) is 21.6 Å². The van der Waals surface area contributed by atoms with Crippen LogP contribution in [0.2, 0.25) is 0 Å². The van der Waals surface area contributed by atoms with E-state index in [9.17, 15) is 0 Å². The van der Waals surface area contributed by atoms with Gasteiger partial charge in [-0.2, -0.15) is 0 Å². The first-order chi connectivity index (χ1) is 8.28. The van der Waals surface area contributed by atoms with Gasteiger partial charge in [-0.15, -0.1) is 11.3 Å². The van der Waals surface area contributed by atoms with Gasteiger partial charge in [-0.25, -0.2) is 4.99 Å². The van der Waals surface area contributed by atoms with Gasteiger partial charge in [0.15, 0.2) is 0 Å². The highest BCUT2D eigenvalue weighted by Gasteiger charge is 2.15. The summed E-state index contributed by atoms with van der Waals surface area (Å²) < 4.78 is 0. The molecule has 0 amide bonds. The molecule has 0 bridgehead atoms. The third kappa shape index (κ3) is 1.75. The zero-order valence-corrected chi connectivity index (χ0v) is 10.1. The fraction of sp³-hybridized carbons (Fsp3) is 0.154. The van der Waals surface area contributed by atoms with Crippen LogP contribution in [0.4, 0.5) is 5.69 Å². The first-order valence-corrected chi connectivity index (χ1v) is 6.38. The zero-order chi connectivity index (χ0) is 11.8. The fourth-order valence-corrected chi connectivity index (χ4v) is 2.93. The van der Waals surface area contributed by atoms with Gasteiger partial charge < -0.3 is 11.5 Å². The van der Waals surface area contributed by atoms with E-state index >= 15 is 0 Å². The second kappa shape index (κ2) is 3.98. The summed E-state index contributed by atoms with van der Waals surface area (Å²) in [4.78, 5) is 5.59. The van der Waals surface area contributed by atoms with Crippen LogP contribution in [0.3, 0.4) is 0 Å². The lowest BCUT2D eigenvalue weighted by atomic mass is 10.0. The number of hydrogen-bond acceptors (Lipinski definition) is 4. The van der Waals surface area contributed by atoms with Crippen molar-refractivity contribution in [1.29, 1.82) is 0 Å². The summed E-state index contributed by atoms with van der Waals surface area (Å²) in [5.74, 6) is 0.620. The van der Waals surface area contributed by atoms with Gasteiger partial charge in [-0.05, 0) is 34.2 Å².